The van der Waals surface area contributed by atoms with Crippen molar-refractivity contribution in [2.75, 3.05) is 40.0 Å². The highest BCUT2D eigenvalue weighted by Gasteiger charge is 2.32. The summed E-state index contributed by atoms with van der Waals surface area (Å²) in [6.45, 7) is 1.78. The number of alkyl halides is 3. The van der Waals surface area contributed by atoms with E-state index in [-0.39, 0.29) is 42.1 Å². The van der Waals surface area contributed by atoms with Crippen LogP contribution in [0.2, 0.25) is 0 Å². The molecule has 0 saturated carbocycles. The van der Waals surface area contributed by atoms with Crippen LogP contribution in [0.25, 0.3) is 0 Å². The van der Waals surface area contributed by atoms with Crippen molar-refractivity contribution in [3.05, 3.63) is 23.9 Å². The van der Waals surface area contributed by atoms with Crippen molar-refractivity contribution >= 4 is 29.9 Å². The molecule has 7 nitrogen and oxygen atoms in total. The van der Waals surface area contributed by atoms with Gasteiger partial charge in [-0.25, -0.2) is 4.98 Å². The van der Waals surface area contributed by atoms with Crippen molar-refractivity contribution in [2.45, 2.75) is 37.8 Å². The maximum absolute atomic E-state index is 12.3. The zero-order chi connectivity index (χ0) is 20.0. The summed E-state index contributed by atoms with van der Waals surface area (Å²) in [6, 6.07) is 3.20. The smallest absolute Gasteiger partial charge is 0.422 e. The van der Waals surface area contributed by atoms with E-state index >= 15 is 0 Å². The number of rotatable bonds is 5. The standard InChI is InChI=1S/C18H25F3N4O3.HI/c1-22-17(25-6-8-27-15(11-25)14-3-2-7-26-14)24-10-13-4-5-23-16(9-13)28-12-18(19,20)21;/h4-5,9,14-15H,2-3,6-8,10-12H2,1H3,(H,22,24);1H. The molecule has 2 unspecified atom stereocenters. The predicted octanol–water partition coefficient (Wildman–Crippen LogP) is 2.60. The lowest BCUT2D eigenvalue weighted by atomic mass is 10.1. The fourth-order valence-electron chi connectivity index (χ4n) is 3.30. The Morgan fingerprint density at radius 2 is 2.14 bits per heavy atom. The normalized spacial score (nSPS) is 22.9. The van der Waals surface area contributed by atoms with Gasteiger partial charge in [-0.05, 0) is 24.5 Å². The van der Waals surface area contributed by atoms with Gasteiger partial charge in [-0.15, -0.1) is 24.0 Å². The van der Waals surface area contributed by atoms with Crippen LogP contribution >= 0.6 is 24.0 Å². The van der Waals surface area contributed by atoms with Crippen LogP contribution in [0.5, 0.6) is 5.88 Å². The van der Waals surface area contributed by atoms with E-state index in [1.165, 1.54) is 12.3 Å². The zero-order valence-electron chi connectivity index (χ0n) is 16.2. The average Bonchev–Trinajstić information content (AvgIpc) is 3.22. The van der Waals surface area contributed by atoms with Crippen LogP contribution in [-0.2, 0) is 16.0 Å². The number of aliphatic imine (C=N–C) groups is 1. The van der Waals surface area contributed by atoms with Gasteiger partial charge in [-0.3, -0.25) is 4.99 Å². The van der Waals surface area contributed by atoms with Crippen molar-refractivity contribution in [1.82, 2.24) is 15.2 Å². The molecule has 1 aromatic rings. The number of halogens is 4. The molecule has 0 spiro atoms. The van der Waals surface area contributed by atoms with Crippen LogP contribution in [-0.4, -0.2) is 74.2 Å². The Balaban J connectivity index is 0.00000300. The molecule has 1 N–H and O–H groups in total. The third-order valence-electron chi connectivity index (χ3n) is 4.62. The van der Waals surface area contributed by atoms with E-state index in [0.717, 1.165) is 25.0 Å². The van der Waals surface area contributed by atoms with Gasteiger partial charge in [0.25, 0.3) is 0 Å². The van der Waals surface area contributed by atoms with Crippen molar-refractivity contribution in [3.63, 3.8) is 0 Å². The highest BCUT2D eigenvalue weighted by atomic mass is 127. The maximum atomic E-state index is 12.3. The molecule has 2 aliphatic rings. The third-order valence-corrected chi connectivity index (χ3v) is 4.62. The SMILES string of the molecule is CN=C(NCc1ccnc(OCC(F)(F)F)c1)N1CCOC(C2CCCO2)C1.I. The summed E-state index contributed by atoms with van der Waals surface area (Å²) >= 11 is 0. The molecule has 11 heteroatoms. The third kappa shape index (κ3) is 7.45. The van der Waals surface area contributed by atoms with Gasteiger partial charge < -0.3 is 24.4 Å². The maximum Gasteiger partial charge on any atom is 0.422 e. The van der Waals surface area contributed by atoms with E-state index < -0.39 is 12.8 Å². The number of aromatic nitrogens is 1. The summed E-state index contributed by atoms with van der Waals surface area (Å²) in [5.74, 6) is 0.650. The second-order valence-electron chi connectivity index (χ2n) is 6.71. The molecule has 29 heavy (non-hydrogen) atoms. The fourth-order valence-corrected chi connectivity index (χ4v) is 3.30. The molecule has 164 valence electrons. The van der Waals surface area contributed by atoms with Crippen molar-refractivity contribution < 1.29 is 27.4 Å². The Morgan fingerprint density at radius 3 is 2.83 bits per heavy atom. The Labute approximate surface area is 185 Å². The molecule has 2 fully saturated rings. The molecule has 2 atom stereocenters. The Hall–Kier alpha value is -1.34. The fraction of sp³-hybridized carbons (Fsp3) is 0.667. The molecule has 0 bridgehead atoms. The van der Waals surface area contributed by atoms with Crippen LogP contribution in [0.4, 0.5) is 13.2 Å². The summed E-state index contributed by atoms with van der Waals surface area (Å²) in [5.41, 5.74) is 0.747. The molecule has 0 aliphatic carbocycles. The first-order chi connectivity index (χ1) is 13.4. The molecule has 0 radical (unpaired) electrons. The van der Waals surface area contributed by atoms with Crippen LogP contribution < -0.4 is 10.1 Å². The number of morpholine rings is 1. The minimum absolute atomic E-state index is 0. The van der Waals surface area contributed by atoms with Crippen LogP contribution in [0.3, 0.4) is 0 Å². The van der Waals surface area contributed by atoms with Gasteiger partial charge in [0.2, 0.25) is 5.88 Å². The summed E-state index contributed by atoms with van der Waals surface area (Å²) in [7, 11) is 1.70. The van der Waals surface area contributed by atoms with Gasteiger partial charge in [-0.1, -0.05) is 0 Å². The summed E-state index contributed by atoms with van der Waals surface area (Å²) < 4.78 is 53.1. The first-order valence-corrected chi connectivity index (χ1v) is 9.28. The van der Waals surface area contributed by atoms with Gasteiger partial charge in [0.15, 0.2) is 12.6 Å². The lowest BCUT2D eigenvalue weighted by Crippen LogP contribution is -2.53. The second kappa shape index (κ2) is 11.2. The van der Waals surface area contributed by atoms with E-state index in [4.69, 9.17) is 14.2 Å². The number of nitrogens with one attached hydrogen (secondary N) is 1. The molecule has 2 saturated heterocycles. The average molecular weight is 530 g/mol. The van der Waals surface area contributed by atoms with E-state index in [1.54, 1.807) is 13.1 Å². The van der Waals surface area contributed by atoms with Gasteiger partial charge in [0, 0.05) is 45.6 Å². The Morgan fingerprint density at radius 1 is 1.34 bits per heavy atom. The number of ether oxygens (including phenoxy) is 3. The van der Waals surface area contributed by atoms with E-state index in [0.29, 0.717) is 32.2 Å². The number of hydrogen-bond acceptors (Lipinski definition) is 5. The zero-order valence-corrected chi connectivity index (χ0v) is 18.5. The largest absolute Gasteiger partial charge is 0.468 e. The number of hydrogen-bond donors (Lipinski definition) is 1. The number of guanidine groups is 1. The molecule has 0 amide bonds. The van der Waals surface area contributed by atoms with Gasteiger partial charge in [-0.2, -0.15) is 13.2 Å². The number of pyridine rings is 1. The van der Waals surface area contributed by atoms with Crippen LogP contribution in [0.1, 0.15) is 18.4 Å². The van der Waals surface area contributed by atoms with Crippen LogP contribution in [0.15, 0.2) is 23.3 Å². The minimum atomic E-state index is -4.39. The number of nitrogens with zero attached hydrogens (tertiary/aromatic N) is 3. The molecular weight excluding hydrogens is 504 g/mol. The van der Waals surface area contributed by atoms with E-state index in [2.05, 4.69) is 20.2 Å². The molecular formula is C18H26F3IN4O3. The topological polar surface area (TPSA) is 68.2 Å². The predicted molar refractivity (Wildman–Crippen MR) is 112 cm³/mol. The quantitative estimate of drug-likeness (QED) is 0.359. The van der Waals surface area contributed by atoms with Gasteiger partial charge in [0.1, 0.15) is 6.10 Å². The highest BCUT2D eigenvalue weighted by Crippen LogP contribution is 2.21. The summed E-state index contributed by atoms with van der Waals surface area (Å²) in [4.78, 5) is 10.2. The lowest BCUT2D eigenvalue weighted by Gasteiger charge is -2.37. The second-order valence-corrected chi connectivity index (χ2v) is 6.71. The molecule has 2 aliphatic heterocycles. The van der Waals surface area contributed by atoms with Gasteiger partial charge in [0.05, 0.1) is 12.7 Å². The summed E-state index contributed by atoms with van der Waals surface area (Å²) in [5, 5.41) is 3.24. The van der Waals surface area contributed by atoms with Crippen molar-refractivity contribution in [2.24, 2.45) is 4.99 Å². The van der Waals surface area contributed by atoms with Crippen molar-refractivity contribution in [3.8, 4) is 5.88 Å². The lowest BCUT2D eigenvalue weighted by molar-refractivity contribution is -0.154. The van der Waals surface area contributed by atoms with E-state index in [1.807, 2.05) is 0 Å². The molecule has 0 aromatic carbocycles. The first kappa shape index (κ1) is 23.9. The summed E-state index contributed by atoms with van der Waals surface area (Å²) in [6.07, 6.45) is -0.783. The molecule has 1 aromatic heterocycles. The molecule has 3 rings (SSSR count). The Bertz CT molecular complexity index is 672. The molecule has 3 heterocycles. The minimum Gasteiger partial charge on any atom is -0.468 e. The monoisotopic (exact) mass is 530 g/mol. The van der Waals surface area contributed by atoms with Crippen molar-refractivity contribution in [1.29, 1.82) is 0 Å². The van der Waals surface area contributed by atoms with E-state index in [9.17, 15) is 13.2 Å². The Kier molecular flexibility index (Phi) is 9.21. The highest BCUT2D eigenvalue weighted by molar-refractivity contribution is 14.0. The van der Waals surface area contributed by atoms with Crippen LogP contribution in [0, 0.1) is 0 Å². The van der Waals surface area contributed by atoms with Gasteiger partial charge >= 0.3 is 6.18 Å². The first-order valence-electron chi connectivity index (χ1n) is 9.28.